The predicted molar refractivity (Wildman–Crippen MR) is 107 cm³/mol. The summed E-state index contributed by atoms with van der Waals surface area (Å²) in [6.45, 7) is 4.25. The summed E-state index contributed by atoms with van der Waals surface area (Å²) in [7, 11) is 1.63. The Morgan fingerprint density at radius 3 is 2.82 bits per heavy atom. The number of Topliss-reactive ketones (excluding diaryl/α,β-unsaturated/α-hetero) is 1. The fraction of sp³-hybridized carbons (Fsp3) is 0.429. The molecule has 1 aliphatic rings. The van der Waals surface area contributed by atoms with Gasteiger partial charge in [0.15, 0.2) is 5.78 Å². The van der Waals surface area contributed by atoms with Crippen molar-refractivity contribution in [2.24, 2.45) is 0 Å². The Kier molecular flexibility index (Phi) is 4.95. The highest BCUT2D eigenvalue weighted by Gasteiger charge is 2.33. The molecule has 1 aliphatic heterocycles. The number of carbonyl (C=O) groups is 1. The molecule has 0 spiro atoms. The van der Waals surface area contributed by atoms with E-state index in [1.165, 1.54) is 0 Å². The van der Waals surface area contributed by atoms with Gasteiger partial charge in [-0.05, 0) is 31.9 Å². The van der Waals surface area contributed by atoms with Crippen LogP contribution in [0.25, 0.3) is 10.9 Å². The third-order valence-corrected chi connectivity index (χ3v) is 5.73. The molecular weight excluding hydrogens is 356 g/mol. The molecule has 7 nitrogen and oxygen atoms in total. The van der Waals surface area contributed by atoms with Gasteiger partial charge >= 0.3 is 0 Å². The molecule has 7 heteroatoms. The van der Waals surface area contributed by atoms with Gasteiger partial charge in [-0.15, -0.1) is 0 Å². The zero-order chi connectivity index (χ0) is 19.7. The molecule has 2 N–H and O–H groups in total. The number of piperidine rings is 1. The molecule has 0 aliphatic carbocycles. The summed E-state index contributed by atoms with van der Waals surface area (Å²) in [4.78, 5) is 22.3. The Hall–Kier alpha value is -2.64. The molecule has 0 amide bonds. The number of nitrogens with zero attached hydrogens (tertiary/aromatic N) is 3. The molecule has 0 atom stereocenters. The number of aromatic amines is 1. The molecule has 3 heterocycles. The average molecular weight is 382 g/mol. The highest BCUT2D eigenvalue weighted by molar-refractivity contribution is 6.09. The van der Waals surface area contributed by atoms with E-state index in [1.54, 1.807) is 19.5 Å². The number of H-pyrrole nitrogens is 1. The van der Waals surface area contributed by atoms with Crippen LogP contribution in [0.5, 0.6) is 5.75 Å². The van der Waals surface area contributed by atoms with Crippen molar-refractivity contribution in [2.75, 3.05) is 26.7 Å². The molecule has 0 radical (unpaired) electrons. The number of likely N-dealkylation sites (tertiary alicyclic amines) is 1. The van der Waals surface area contributed by atoms with Crippen molar-refractivity contribution in [1.29, 1.82) is 0 Å². The second-order valence-electron chi connectivity index (χ2n) is 7.64. The van der Waals surface area contributed by atoms with Gasteiger partial charge in [-0.1, -0.05) is 0 Å². The molecule has 1 fully saturated rings. The molecule has 2 aromatic heterocycles. The maximum absolute atomic E-state index is 12.8. The highest BCUT2D eigenvalue weighted by atomic mass is 16.5. The largest absolute Gasteiger partial charge is 0.497 e. The van der Waals surface area contributed by atoms with Crippen molar-refractivity contribution >= 4 is 16.7 Å². The number of nitrogens with one attached hydrogen (secondary N) is 1. The molecule has 1 saturated heterocycles. The van der Waals surface area contributed by atoms with E-state index in [2.05, 4.69) is 14.9 Å². The summed E-state index contributed by atoms with van der Waals surface area (Å²) in [6.07, 6.45) is 6.71. The van der Waals surface area contributed by atoms with Crippen LogP contribution in [0.2, 0.25) is 0 Å². The number of hydrogen-bond acceptors (Lipinski definition) is 5. The summed E-state index contributed by atoms with van der Waals surface area (Å²) in [5, 5.41) is 11.8. The Bertz CT molecular complexity index is 983. The normalized spacial score (nSPS) is 17.1. The number of fused-ring (bicyclic) bond motifs is 1. The van der Waals surface area contributed by atoms with Crippen LogP contribution in [0, 0.1) is 6.92 Å². The smallest absolute Gasteiger partial charge is 0.178 e. The second kappa shape index (κ2) is 7.41. The topological polar surface area (TPSA) is 83.4 Å². The molecular formula is C21H26N4O3. The maximum Gasteiger partial charge on any atom is 0.178 e. The van der Waals surface area contributed by atoms with E-state index in [0.717, 1.165) is 22.5 Å². The number of aryl methyl sites for hydroxylation is 1. The number of rotatable bonds is 6. The lowest BCUT2D eigenvalue weighted by atomic mass is 9.91. The van der Waals surface area contributed by atoms with E-state index in [0.29, 0.717) is 44.6 Å². The van der Waals surface area contributed by atoms with Crippen molar-refractivity contribution in [3.05, 3.63) is 48.2 Å². The van der Waals surface area contributed by atoms with Crippen molar-refractivity contribution in [3.8, 4) is 5.75 Å². The molecule has 0 unspecified atom stereocenters. The second-order valence-corrected chi connectivity index (χ2v) is 7.64. The van der Waals surface area contributed by atoms with Crippen LogP contribution >= 0.6 is 0 Å². The summed E-state index contributed by atoms with van der Waals surface area (Å²) in [5.74, 6) is 1.76. The third-order valence-electron chi connectivity index (χ3n) is 5.73. The van der Waals surface area contributed by atoms with E-state index in [9.17, 15) is 9.90 Å². The quantitative estimate of drug-likeness (QED) is 0.640. The summed E-state index contributed by atoms with van der Waals surface area (Å²) in [5.41, 5.74) is 0.849. The number of ketones is 1. The molecule has 28 heavy (non-hydrogen) atoms. The zero-order valence-corrected chi connectivity index (χ0v) is 16.3. The first-order valence-corrected chi connectivity index (χ1v) is 9.58. The standard InChI is InChI=1S/C21H26N4O3/c1-15-22-7-10-25(15)14-21(27)5-8-24(9-6-21)13-20(26)18-12-23-19-11-16(28-2)3-4-17(18)19/h3-4,7,10-12,23,27H,5-6,8-9,13-14H2,1-2H3. The fourth-order valence-corrected chi connectivity index (χ4v) is 3.92. The third kappa shape index (κ3) is 3.68. The van der Waals surface area contributed by atoms with Crippen LogP contribution in [-0.4, -0.2) is 62.7 Å². The minimum Gasteiger partial charge on any atom is -0.497 e. The SMILES string of the molecule is COc1ccc2c(C(=O)CN3CCC(O)(Cn4ccnc4C)CC3)c[nH]c2c1. The average Bonchev–Trinajstić information content (AvgIpc) is 3.29. The van der Waals surface area contributed by atoms with Crippen LogP contribution in [0.15, 0.2) is 36.8 Å². The predicted octanol–water partition coefficient (Wildman–Crippen LogP) is 2.39. The molecule has 0 bridgehead atoms. The van der Waals surface area contributed by atoms with Gasteiger partial charge in [0.05, 0.1) is 25.8 Å². The maximum atomic E-state index is 12.8. The van der Waals surface area contributed by atoms with Gasteiger partial charge in [-0.25, -0.2) is 4.98 Å². The van der Waals surface area contributed by atoms with Crippen LogP contribution in [0.1, 0.15) is 29.0 Å². The Morgan fingerprint density at radius 1 is 1.36 bits per heavy atom. The minimum absolute atomic E-state index is 0.0901. The lowest BCUT2D eigenvalue weighted by Gasteiger charge is -2.38. The number of aromatic nitrogens is 3. The number of benzene rings is 1. The van der Waals surface area contributed by atoms with E-state index in [4.69, 9.17) is 4.74 Å². The number of imidazole rings is 1. The van der Waals surface area contributed by atoms with Crippen molar-refractivity contribution in [2.45, 2.75) is 31.9 Å². The van der Waals surface area contributed by atoms with Gasteiger partial charge < -0.3 is 19.4 Å². The number of carbonyl (C=O) groups excluding carboxylic acids is 1. The fourth-order valence-electron chi connectivity index (χ4n) is 3.92. The van der Waals surface area contributed by atoms with Crippen molar-refractivity contribution in [1.82, 2.24) is 19.4 Å². The van der Waals surface area contributed by atoms with Gasteiger partial charge in [0.25, 0.3) is 0 Å². The monoisotopic (exact) mass is 382 g/mol. The summed E-state index contributed by atoms with van der Waals surface area (Å²) >= 11 is 0. The minimum atomic E-state index is -0.748. The lowest BCUT2D eigenvalue weighted by molar-refractivity contribution is -0.0331. The molecule has 148 valence electrons. The van der Waals surface area contributed by atoms with Gasteiger partial charge in [-0.3, -0.25) is 9.69 Å². The van der Waals surface area contributed by atoms with Crippen molar-refractivity contribution in [3.63, 3.8) is 0 Å². The van der Waals surface area contributed by atoms with E-state index in [1.807, 2.05) is 35.9 Å². The number of methoxy groups -OCH3 is 1. The zero-order valence-electron chi connectivity index (χ0n) is 16.3. The van der Waals surface area contributed by atoms with Gasteiger partial charge in [0.1, 0.15) is 11.6 Å². The molecule has 1 aromatic carbocycles. The van der Waals surface area contributed by atoms with E-state index in [-0.39, 0.29) is 5.78 Å². The summed E-state index contributed by atoms with van der Waals surface area (Å²) in [6, 6.07) is 5.68. The first kappa shape index (κ1) is 18.7. The van der Waals surface area contributed by atoms with Crippen LogP contribution in [0.3, 0.4) is 0 Å². The Labute approximate surface area is 163 Å². The number of ether oxygens (including phenoxy) is 1. The highest BCUT2D eigenvalue weighted by Crippen LogP contribution is 2.26. The van der Waals surface area contributed by atoms with Crippen LogP contribution in [-0.2, 0) is 6.54 Å². The summed E-state index contributed by atoms with van der Waals surface area (Å²) < 4.78 is 7.22. The first-order valence-electron chi connectivity index (χ1n) is 9.58. The molecule has 3 aromatic rings. The Morgan fingerprint density at radius 2 is 2.14 bits per heavy atom. The lowest BCUT2D eigenvalue weighted by Crippen LogP contribution is -2.48. The first-order chi connectivity index (χ1) is 13.5. The van der Waals surface area contributed by atoms with Crippen LogP contribution < -0.4 is 4.74 Å². The van der Waals surface area contributed by atoms with Crippen molar-refractivity contribution < 1.29 is 14.6 Å². The van der Waals surface area contributed by atoms with Crippen LogP contribution in [0.4, 0.5) is 0 Å². The van der Waals surface area contributed by atoms with E-state index >= 15 is 0 Å². The Balaban J connectivity index is 1.38. The van der Waals surface area contributed by atoms with Gasteiger partial charge in [0.2, 0.25) is 0 Å². The molecule has 4 rings (SSSR count). The van der Waals surface area contributed by atoms with E-state index < -0.39 is 5.60 Å². The molecule has 0 saturated carbocycles. The van der Waals surface area contributed by atoms with Gasteiger partial charge in [-0.2, -0.15) is 0 Å². The van der Waals surface area contributed by atoms with Gasteiger partial charge in [0, 0.05) is 54.2 Å². The number of hydrogen-bond donors (Lipinski definition) is 2. The number of aliphatic hydroxyl groups is 1.